The van der Waals surface area contributed by atoms with E-state index in [-0.39, 0.29) is 5.56 Å². The molecule has 24 heavy (non-hydrogen) atoms. The normalized spacial score (nSPS) is 13.8. The lowest BCUT2D eigenvalue weighted by atomic mass is 9.98. The molecule has 0 spiro atoms. The molecule has 0 saturated carbocycles. The van der Waals surface area contributed by atoms with Crippen LogP contribution < -0.4 is 4.90 Å². The fourth-order valence-corrected chi connectivity index (χ4v) is 3.49. The zero-order valence-corrected chi connectivity index (χ0v) is 13.5. The highest BCUT2D eigenvalue weighted by Gasteiger charge is 2.20. The van der Waals surface area contributed by atoms with Crippen LogP contribution in [0.5, 0.6) is 0 Å². The van der Waals surface area contributed by atoms with E-state index in [2.05, 4.69) is 40.2 Å². The lowest BCUT2D eigenvalue weighted by Crippen LogP contribution is -2.30. The summed E-state index contributed by atoms with van der Waals surface area (Å²) in [6.07, 6.45) is 0.998. The molecule has 1 aliphatic rings. The van der Waals surface area contributed by atoms with Crippen LogP contribution in [-0.4, -0.2) is 22.6 Å². The number of aromatic nitrogens is 1. The SMILES string of the molecule is Cc1cc(N2CCc3ccccc3C2)c2cccc(C(=O)O)c2n1. The molecule has 0 radical (unpaired) electrons. The highest BCUT2D eigenvalue weighted by molar-refractivity contribution is 6.05. The van der Waals surface area contributed by atoms with Crippen LogP contribution in [0, 0.1) is 6.92 Å². The zero-order valence-electron chi connectivity index (χ0n) is 13.5. The summed E-state index contributed by atoms with van der Waals surface area (Å²) in [6, 6.07) is 15.9. The number of carboxylic acid groups (broad SMARTS) is 1. The molecule has 2 heterocycles. The molecule has 0 aliphatic carbocycles. The predicted molar refractivity (Wildman–Crippen MR) is 94.6 cm³/mol. The van der Waals surface area contributed by atoms with E-state index in [4.69, 9.17) is 0 Å². The van der Waals surface area contributed by atoms with Crippen molar-refractivity contribution in [1.29, 1.82) is 0 Å². The first-order valence-electron chi connectivity index (χ1n) is 8.09. The topological polar surface area (TPSA) is 53.4 Å². The van der Waals surface area contributed by atoms with Gasteiger partial charge < -0.3 is 10.0 Å². The maximum Gasteiger partial charge on any atom is 0.337 e. The number of fused-ring (bicyclic) bond motifs is 2. The van der Waals surface area contributed by atoms with Gasteiger partial charge in [-0.05, 0) is 36.6 Å². The molecule has 0 fully saturated rings. The van der Waals surface area contributed by atoms with Gasteiger partial charge in [0, 0.05) is 29.9 Å². The Kier molecular flexibility index (Phi) is 3.45. The molecule has 4 rings (SSSR count). The molecule has 1 N–H and O–H groups in total. The van der Waals surface area contributed by atoms with E-state index in [0.29, 0.717) is 5.52 Å². The molecule has 1 aromatic heterocycles. The highest BCUT2D eigenvalue weighted by atomic mass is 16.4. The van der Waals surface area contributed by atoms with Gasteiger partial charge in [0.1, 0.15) is 0 Å². The predicted octanol–water partition coefficient (Wildman–Crippen LogP) is 3.80. The molecule has 0 atom stereocenters. The number of benzene rings is 2. The van der Waals surface area contributed by atoms with E-state index in [1.165, 1.54) is 11.1 Å². The van der Waals surface area contributed by atoms with Crippen molar-refractivity contribution in [1.82, 2.24) is 4.98 Å². The third kappa shape index (κ3) is 2.40. The number of nitrogens with zero attached hydrogens (tertiary/aromatic N) is 2. The molecule has 4 nitrogen and oxygen atoms in total. The smallest absolute Gasteiger partial charge is 0.337 e. The molecular weight excluding hydrogens is 300 g/mol. The molecule has 120 valence electrons. The van der Waals surface area contributed by atoms with Gasteiger partial charge in [0.2, 0.25) is 0 Å². The fraction of sp³-hybridized carbons (Fsp3) is 0.200. The van der Waals surface area contributed by atoms with Crippen molar-refractivity contribution in [3.05, 3.63) is 70.9 Å². The molecule has 0 amide bonds. The van der Waals surface area contributed by atoms with E-state index in [1.807, 2.05) is 13.0 Å². The molecule has 0 unspecified atom stereocenters. The Hall–Kier alpha value is -2.88. The summed E-state index contributed by atoms with van der Waals surface area (Å²) in [4.78, 5) is 18.3. The van der Waals surface area contributed by atoms with Crippen LogP contribution in [0.4, 0.5) is 5.69 Å². The highest BCUT2D eigenvalue weighted by Crippen LogP contribution is 2.32. The number of hydrogen-bond acceptors (Lipinski definition) is 3. The molecule has 0 bridgehead atoms. The number of rotatable bonds is 2. The number of pyridine rings is 1. The van der Waals surface area contributed by atoms with Crippen molar-refractivity contribution in [2.45, 2.75) is 19.9 Å². The summed E-state index contributed by atoms with van der Waals surface area (Å²) in [5.74, 6) is -0.936. The van der Waals surface area contributed by atoms with Crippen molar-refractivity contribution in [2.75, 3.05) is 11.4 Å². The van der Waals surface area contributed by atoms with Crippen LogP contribution in [0.1, 0.15) is 27.2 Å². The maximum atomic E-state index is 11.5. The van der Waals surface area contributed by atoms with Crippen molar-refractivity contribution in [3.63, 3.8) is 0 Å². The summed E-state index contributed by atoms with van der Waals surface area (Å²) in [7, 11) is 0. The van der Waals surface area contributed by atoms with E-state index in [9.17, 15) is 9.90 Å². The Morgan fingerprint density at radius 3 is 2.71 bits per heavy atom. The number of anilines is 1. The van der Waals surface area contributed by atoms with E-state index >= 15 is 0 Å². The molecule has 1 aliphatic heterocycles. The Balaban J connectivity index is 1.86. The van der Waals surface area contributed by atoms with Crippen LogP contribution in [0.15, 0.2) is 48.5 Å². The molecule has 0 saturated heterocycles. The van der Waals surface area contributed by atoms with E-state index in [1.54, 1.807) is 12.1 Å². The summed E-state index contributed by atoms with van der Waals surface area (Å²) in [5, 5.41) is 10.4. The number of aromatic carboxylic acids is 1. The third-order valence-corrected chi connectivity index (χ3v) is 4.65. The van der Waals surface area contributed by atoms with Gasteiger partial charge in [-0.25, -0.2) is 4.79 Å². The van der Waals surface area contributed by atoms with Crippen molar-refractivity contribution in [2.24, 2.45) is 0 Å². The number of carbonyl (C=O) groups is 1. The Labute approximate surface area is 140 Å². The Morgan fingerprint density at radius 1 is 1.12 bits per heavy atom. The summed E-state index contributed by atoms with van der Waals surface area (Å²) < 4.78 is 0. The van der Waals surface area contributed by atoms with Crippen LogP contribution in [-0.2, 0) is 13.0 Å². The van der Waals surface area contributed by atoms with E-state index < -0.39 is 5.97 Å². The molecule has 3 aromatic rings. The summed E-state index contributed by atoms with van der Waals surface area (Å²) >= 11 is 0. The minimum absolute atomic E-state index is 0.259. The van der Waals surface area contributed by atoms with E-state index in [0.717, 1.165) is 36.3 Å². The van der Waals surface area contributed by atoms with Crippen molar-refractivity contribution in [3.8, 4) is 0 Å². The third-order valence-electron chi connectivity index (χ3n) is 4.65. The van der Waals surface area contributed by atoms with Crippen molar-refractivity contribution < 1.29 is 9.90 Å². The number of hydrogen-bond donors (Lipinski definition) is 1. The average molecular weight is 318 g/mol. The van der Waals surface area contributed by atoms with Crippen molar-refractivity contribution >= 4 is 22.6 Å². The Morgan fingerprint density at radius 2 is 1.92 bits per heavy atom. The monoisotopic (exact) mass is 318 g/mol. The van der Waals surface area contributed by atoms with Gasteiger partial charge in [-0.2, -0.15) is 0 Å². The van der Waals surface area contributed by atoms with Crippen LogP contribution >= 0.6 is 0 Å². The second-order valence-electron chi connectivity index (χ2n) is 6.23. The number of carboxylic acids is 1. The molecular formula is C20H18N2O2. The standard InChI is InChI=1S/C20H18N2O2/c1-13-11-18(16-7-4-8-17(20(23)24)19(16)21-13)22-10-9-14-5-2-3-6-15(14)12-22/h2-8,11H,9-10,12H2,1H3,(H,23,24). The first-order chi connectivity index (χ1) is 11.6. The van der Waals surface area contributed by atoms with Gasteiger partial charge in [-0.15, -0.1) is 0 Å². The lowest BCUT2D eigenvalue weighted by molar-refractivity contribution is 0.0699. The van der Waals surface area contributed by atoms with Crippen LogP contribution in [0.3, 0.4) is 0 Å². The van der Waals surface area contributed by atoms with Gasteiger partial charge in [-0.1, -0.05) is 36.4 Å². The largest absolute Gasteiger partial charge is 0.478 e. The number of para-hydroxylation sites is 1. The zero-order chi connectivity index (χ0) is 16.7. The van der Waals surface area contributed by atoms with Crippen LogP contribution in [0.25, 0.3) is 10.9 Å². The second-order valence-corrected chi connectivity index (χ2v) is 6.23. The maximum absolute atomic E-state index is 11.5. The lowest BCUT2D eigenvalue weighted by Gasteiger charge is -2.31. The van der Waals surface area contributed by atoms with Gasteiger partial charge >= 0.3 is 5.97 Å². The first-order valence-corrected chi connectivity index (χ1v) is 8.09. The first kappa shape index (κ1) is 14.7. The fourth-order valence-electron chi connectivity index (χ4n) is 3.49. The molecule has 2 aromatic carbocycles. The number of aryl methyl sites for hydroxylation is 1. The minimum atomic E-state index is -0.936. The second kappa shape index (κ2) is 5.64. The van der Waals surface area contributed by atoms with Crippen LogP contribution in [0.2, 0.25) is 0 Å². The summed E-state index contributed by atoms with van der Waals surface area (Å²) in [5.41, 5.74) is 5.46. The Bertz CT molecular complexity index is 950. The molecule has 4 heteroatoms. The summed E-state index contributed by atoms with van der Waals surface area (Å²) in [6.45, 7) is 3.68. The average Bonchev–Trinajstić information content (AvgIpc) is 2.60. The quantitative estimate of drug-likeness (QED) is 0.781. The van der Waals surface area contributed by atoms with Gasteiger partial charge in [-0.3, -0.25) is 4.98 Å². The van der Waals surface area contributed by atoms with Gasteiger partial charge in [0.25, 0.3) is 0 Å². The van der Waals surface area contributed by atoms with Gasteiger partial charge in [0.05, 0.1) is 11.1 Å². The minimum Gasteiger partial charge on any atom is -0.478 e. The van der Waals surface area contributed by atoms with Gasteiger partial charge in [0.15, 0.2) is 0 Å².